The van der Waals surface area contributed by atoms with Gasteiger partial charge in [-0.1, -0.05) is 11.8 Å². The van der Waals surface area contributed by atoms with Crippen LogP contribution >= 0.6 is 11.8 Å². The second-order valence-electron chi connectivity index (χ2n) is 5.59. The van der Waals surface area contributed by atoms with Gasteiger partial charge in [-0.15, -0.1) is 5.10 Å². The number of nitrogens with one attached hydrogen (secondary N) is 2. The molecule has 3 aromatic rings. The Labute approximate surface area is 149 Å². The minimum atomic E-state index is -0.0392. The smallest absolute Gasteiger partial charge is 0.230 e. The lowest BCUT2D eigenvalue weighted by atomic mass is 10.4. The summed E-state index contributed by atoms with van der Waals surface area (Å²) in [5.74, 6) is 1.41. The maximum absolute atomic E-state index is 11.9. The minimum Gasteiger partial charge on any atom is -0.461 e. The molecule has 8 nitrogen and oxygen atoms in total. The molecule has 2 N–H and O–H groups in total. The van der Waals surface area contributed by atoms with Gasteiger partial charge in [-0.2, -0.15) is 10.1 Å². The molecule has 3 heterocycles. The zero-order valence-electron chi connectivity index (χ0n) is 14.2. The van der Waals surface area contributed by atoms with Crippen molar-refractivity contribution in [2.24, 2.45) is 0 Å². The highest BCUT2D eigenvalue weighted by Crippen LogP contribution is 2.19. The van der Waals surface area contributed by atoms with Crippen LogP contribution in [0.25, 0.3) is 11.6 Å². The van der Waals surface area contributed by atoms with Crippen molar-refractivity contribution < 1.29 is 9.21 Å². The van der Waals surface area contributed by atoms with Gasteiger partial charge in [0.25, 0.3) is 0 Å². The molecule has 132 valence electrons. The molecule has 0 aromatic carbocycles. The third kappa shape index (κ3) is 4.72. The number of nitrogens with zero attached hydrogens (tertiary/aromatic N) is 4. The molecule has 1 amide bonds. The Morgan fingerprint density at radius 3 is 3.04 bits per heavy atom. The summed E-state index contributed by atoms with van der Waals surface area (Å²) in [6.07, 6.45) is 2.41. The highest BCUT2D eigenvalue weighted by atomic mass is 32.2. The number of rotatable bonds is 8. The van der Waals surface area contributed by atoms with Crippen LogP contribution in [-0.4, -0.2) is 43.2 Å². The first kappa shape index (κ1) is 17.3. The minimum absolute atomic E-state index is 0.0392. The Kier molecular flexibility index (Phi) is 5.54. The van der Waals surface area contributed by atoms with Crippen LogP contribution in [-0.2, 0) is 11.3 Å². The van der Waals surface area contributed by atoms with E-state index in [9.17, 15) is 4.79 Å². The molecular formula is C16H20N6O2S. The van der Waals surface area contributed by atoms with Gasteiger partial charge >= 0.3 is 0 Å². The van der Waals surface area contributed by atoms with Crippen LogP contribution in [0.3, 0.4) is 0 Å². The standard InChI is InChI=1S/C16H20N6O2S/c1-11-9-12(2)22(21-11)7-4-6-17-14(23)10-25-16-18-15(19-20-16)13-5-3-8-24-13/h3,5,8-9H,4,6-7,10H2,1-2H3,(H,17,23)(H,18,19,20). The average Bonchev–Trinajstić information content (AvgIpc) is 3.31. The Morgan fingerprint density at radius 2 is 2.32 bits per heavy atom. The molecule has 0 spiro atoms. The molecule has 0 unspecified atom stereocenters. The predicted molar refractivity (Wildman–Crippen MR) is 94.1 cm³/mol. The second kappa shape index (κ2) is 8.02. The SMILES string of the molecule is Cc1cc(C)n(CCCNC(=O)CSc2n[nH]c(-c3ccco3)n2)n1. The summed E-state index contributed by atoms with van der Waals surface area (Å²) in [5.41, 5.74) is 2.15. The number of carbonyl (C=O) groups is 1. The number of aryl methyl sites for hydroxylation is 3. The van der Waals surface area contributed by atoms with E-state index in [1.54, 1.807) is 18.4 Å². The molecule has 0 aliphatic heterocycles. The summed E-state index contributed by atoms with van der Waals surface area (Å²) in [7, 11) is 0. The third-order valence-electron chi connectivity index (χ3n) is 3.52. The first-order valence-electron chi connectivity index (χ1n) is 7.98. The summed E-state index contributed by atoms with van der Waals surface area (Å²) >= 11 is 1.28. The van der Waals surface area contributed by atoms with Crippen molar-refractivity contribution in [1.29, 1.82) is 0 Å². The van der Waals surface area contributed by atoms with Gasteiger partial charge in [-0.25, -0.2) is 0 Å². The summed E-state index contributed by atoms with van der Waals surface area (Å²) in [4.78, 5) is 16.2. The molecule has 25 heavy (non-hydrogen) atoms. The number of thioether (sulfide) groups is 1. The van der Waals surface area contributed by atoms with Crippen LogP contribution < -0.4 is 5.32 Å². The fraction of sp³-hybridized carbons (Fsp3) is 0.375. The molecule has 0 radical (unpaired) electrons. The zero-order valence-corrected chi connectivity index (χ0v) is 15.0. The Bertz CT molecular complexity index is 824. The number of aromatic nitrogens is 5. The van der Waals surface area contributed by atoms with E-state index < -0.39 is 0 Å². The normalized spacial score (nSPS) is 11.0. The van der Waals surface area contributed by atoms with Crippen molar-refractivity contribution in [3.8, 4) is 11.6 Å². The zero-order chi connectivity index (χ0) is 17.6. The third-order valence-corrected chi connectivity index (χ3v) is 4.37. The van der Waals surface area contributed by atoms with Gasteiger partial charge in [0.2, 0.25) is 11.1 Å². The van der Waals surface area contributed by atoms with Crippen molar-refractivity contribution >= 4 is 17.7 Å². The monoisotopic (exact) mass is 360 g/mol. The molecule has 0 aliphatic rings. The number of H-pyrrole nitrogens is 1. The van der Waals surface area contributed by atoms with Crippen molar-refractivity contribution in [3.05, 3.63) is 35.9 Å². The fourth-order valence-corrected chi connectivity index (χ4v) is 3.00. The summed E-state index contributed by atoms with van der Waals surface area (Å²) in [6, 6.07) is 5.62. The fourth-order valence-electron chi connectivity index (χ4n) is 2.37. The van der Waals surface area contributed by atoms with E-state index in [-0.39, 0.29) is 11.7 Å². The lowest BCUT2D eigenvalue weighted by molar-refractivity contribution is -0.118. The van der Waals surface area contributed by atoms with E-state index in [4.69, 9.17) is 4.42 Å². The van der Waals surface area contributed by atoms with Crippen LogP contribution in [0.2, 0.25) is 0 Å². The average molecular weight is 360 g/mol. The largest absolute Gasteiger partial charge is 0.461 e. The summed E-state index contributed by atoms with van der Waals surface area (Å²) in [5, 5.41) is 14.7. The van der Waals surface area contributed by atoms with Crippen LogP contribution in [0.4, 0.5) is 0 Å². The molecule has 0 bridgehead atoms. The van der Waals surface area contributed by atoms with Crippen LogP contribution in [0, 0.1) is 13.8 Å². The predicted octanol–water partition coefficient (Wildman–Crippen LogP) is 2.18. The van der Waals surface area contributed by atoms with Crippen LogP contribution in [0.5, 0.6) is 0 Å². The van der Waals surface area contributed by atoms with E-state index in [2.05, 4.69) is 25.6 Å². The van der Waals surface area contributed by atoms with Gasteiger partial charge in [-0.3, -0.25) is 14.6 Å². The number of hydrogen-bond donors (Lipinski definition) is 2. The van der Waals surface area contributed by atoms with Crippen LogP contribution in [0.15, 0.2) is 34.0 Å². The van der Waals surface area contributed by atoms with Gasteiger partial charge in [0, 0.05) is 18.8 Å². The van der Waals surface area contributed by atoms with Crippen molar-refractivity contribution in [2.75, 3.05) is 12.3 Å². The van der Waals surface area contributed by atoms with Gasteiger partial charge in [0.1, 0.15) is 0 Å². The van der Waals surface area contributed by atoms with Gasteiger partial charge in [-0.05, 0) is 38.5 Å². The summed E-state index contributed by atoms with van der Waals surface area (Å²) < 4.78 is 7.20. The Morgan fingerprint density at radius 1 is 1.44 bits per heavy atom. The molecule has 0 saturated carbocycles. The van der Waals surface area contributed by atoms with Crippen molar-refractivity contribution in [1.82, 2.24) is 30.3 Å². The van der Waals surface area contributed by atoms with E-state index in [1.165, 1.54) is 11.8 Å². The lowest BCUT2D eigenvalue weighted by Gasteiger charge is -2.06. The topological polar surface area (TPSA) is 102 Å². The Hall–Kier alpha value is -2.55. The molecule has 0 saturated heterocycles. The highest BCUT2D eigenvalue weighted by Gasteiger charge is 2.10. The van der Waals surface area contributed by atoms with E-state index in [0.717, 1.165) is 24.4 Å². The molecular weight excluding hydrogens is 340 g/mol. The number of carbonyl (C=O) groups excluding carboxylic acids is 1. The molecule has 0 atom stereocenters. The molecule has 3 rings (SSSR count). The maximum atomic E-state index is 11.9. The number of hydrogen-bond acceptors (Lipinski definition) is 6. The first-order chi connectivity index (χ1) is 12.1. The van der Waals surface area contributed by atoms with E-state index in [0.29, 0.717) is 23.3 Å². The van der Waals surface area contributed by atoms with Crippen LogP contribution in [0.1, 0.15) is 17.8 Å². The molecule has 0 aliphatic carbocycles. The van der Waals surface area contributed by atoms with Gasteiger partial charge < -0.3 is 9.73 Å². The first-order valence-corrected chi connectivity index (χ1v) is 8.97. The Balaban J connectivity index is 1.36. The highest BCUT2D eigenvalue weighted by molar-refractivity contribution is 7.99. The van der Waals surface area contributed by atoms with Crippen molar-refractivity contribution in [2.45, 2.75) is 32.0 Å². The maximum Gasteiger partial charge on any atom is 0.230 e. The number of aromatic amines is 1. The lowest BCUT2D eigenvalue weighted by Crippen LogP contribution is -2.27. The van der Waals surface area contributed by atoms with Crippen molar-refractivity contribution in [3.63, 3.8) is 0 Å². The van der Waals surface area contributed by atoms with E-state index in [1.807, 2.05) is 24.6 Å². The van der Waals surface area contributed by atoms with Gasteiger partial charge in [0.05, 0.1) is 17.7 Å². The number of furan rings is 1. The molecule has 0 fully saturated rings. The quantitative estimate of drug-likeness (QED) is 0.471. The molecule has 3 aromatic heterocycles. The second-order valence-corrected chi connectivity index (χ2v) is 6.53. The van der Waals surface area contributed by atoms with Gasteiger partial charge in [0.15, 0.2) is 11.6 Å². The number of amides is 1. The molecule has 9 heteroatoms. The summed E-state index contributed by atoms with van der Waals surface area (Å²) in [6.45, 7) is 5.41. The van der Waals surface area contributed by atoms with E-state index >= 15 is 0 Å².